The standard InChI is InChI=1S/C20H42O3Si2/c1-17(13-12-15-21)18(23-25(10,11)20(5,6)7)14-16-22-24(8,9)19(2,3)4/h12-13,15,17-18H,14,16H2,1-11H3/b13-12+/t17-,18+/m1/s1. The minimum Gasteiger partial charge on any atom is -0.417 e. The van der Waals surface area contributed by atoms with Crippen LogP contribution >= 0.6 is 0 Å². The predicted octanol–water partition coefficient (Wildman–Crippen LogP) is 6.18. The van der Waals surface area contributed by atoms with E-state index in [1.165, 1.54) is 0 Å². The molecule has 5 heteroatoms. The highest BCUT2D eigenvalue weighted by Crippen LogP contribution is 2.39. The summed E-state index contributed by atoms with van der Waals surface area (Å²) in [5, 5.41) is 0.380. The van der Waals surface area contributed by atoms with Gasteiger partial charge in [0.05, 0.1) is 6.10 Å². The van der Waals surface area contributed by atoms with Crippen LogP contribution in [0.4, 0.5) is 0 Å². The van der Waals surface area contributed by atoms with Crippen molar-refractivity contribution in [1.29, 1.82) is 0 Å². The lowest BCUT2D eigenvalue weighted by molar-refractivity contribution is -0.104. The molecule has 0 radical (unpaired) electrons. The van der Waals surface area contributed by atoms with Crippen molar-refractivity contribution in [2.24, 2.45) is 5.92 Å². The van der Waals surface area contributed by atoms with Gasteiger partial charge < -0.3 is 8.85 Å². The van der Waals surface area contributed by atoms with E-state index in [9.17, 15) is 4.79 Å². The fraction of sp³-hybridized carbons (Fsp3) is 0.850. The molecule has 0 rings (SSSR count). The zero-order valence-electron chi connectivity index (χ0n) is 18.5. The largest absolute Gasteiger partial charge is 0.417 e. The maximum absolute atomic E-state index is 10.7. The third kappa shape index (κ3) is 7.89. The molecule has 0 fully saturated rings. The quantitative estimate of drug-likeness (QED) is 0.269. The fourth-order valence-electron chi connectivity index (χ4n) is 1.98. The van der Waals surface area contributed by atoms with Crippen molar-refractivity contribution in [3.8, 4) is 0 Å². The van der Waals surface area contributed by atoms with E-state index in [0.29, 0.717) is 0 Å². The maximum Gasteiger partial charge on any atom is 0.192 e. The fourth-order valence-corrected chi connectivity index (χ4v) is 4.48. The molecule has 0 saturated carbocycles. The molecule has 25 heavy (non-hydrogen) atoms. The van der Waals surface area contributed by atoms with Crippen LogP contribution in [0.5, 0.6) is 0 Å². The summed E-state index contributed by atoms with van der Waals surface area (Å²) in [6.07, 6.45) is 5.33. The van der Waals surface area contributed by atoms with Crippen LogP contribution in [-0.2, 0) is 13.6 Å². The number of carbonyl (C=O) groups is 1. The number of hydrogen-bond acceptors (Lipinski definition) is 3. The van der Waals surface area contributed by atoms with E-state index in [2.05, 4.69) is 74.7 Å². The average Bonchev–Trinajstić information content (AvgIpc) is 2.40. The second-order valence-electron chi connectivity index (χ2n) is 10.2. The third-order valence-electron chi connectivity index (χ3n) is 6.00. The second kappa shape index (κ2) is 9.11. The Morgan fingerprint density at radius 1 is 0.920 bits per heavy atom. The van der Waals surface area contributed by atoms with Gasteiger partial charge in [0.15, 0.2) is 16.6 Å². The first-order chi connectivity index (χ1) is 11.0. The van der Waals surface area contributed by atoms with Gasteiger partial charge in [0.2, 0.25) is 0 Å². The van der Waals surface area contributed by atoms with E-state index in [4.69, 9.17) is 8.85 Å². The highest BCUT2D eigenvalue weighted by molar-refractivity contribution is 6.74. The van der Waals surface area contributed by atoms with E-state index < -0.39 is 16.6 Å². The first-order valence-corrected chi connectivity index (χ1v) is 15.3. The number of aldehydes is 1. The molecule has 0 bridgehead atoms. The lowest BCUT2D eigenvalue weighted by Crippen LogP contribution is -2.46. The van der Waals surface area contributed by atoms with Gasteiger partial charge in [-0.05, 0) is 54.7 Å². The molecule has 0 aromatic heterocycles. The van der Waals surface area contributed by atoms with Gasteiger partial charge in [0, 0.05) is 6.61 Å². The molecule has 0 unspecified atom stereocenters. The summed E-state index contributed by atoms with van der Waals surface area (Å²) in [5.41, 5.74) is 0. The molecular formula is C20H42O3Si2. The number of hydrogen-bond donors (Lipinski definition) is 0. The van der Waals surface area contributed by atoms with Crippen molar-refractivity contribution in [3.63, 3.8) is 0 Å². The second-order valence-corrected chi connectivity index (χ2v) is 19.8. The topological polar surface area (TPSA) is 35.5 Å². The van der Waals surface area contributed by atoms with Gasteiger partial charge in [-0.3, -0.25) is 4.79 Å². The van der Waals surface area contributed by atoms with Gasteiger partial charge in [-0.1, -0.05) is 54.5 Å². The minimum absolute atomic E-state index is 0.0851. The number of rotatable bonds is 9. The highest BCUT2D eigenvalue weighted by atomic mass is 28.4. The molecule has 0 aromatic rings. The van der Waals surface area contributed by atoms with Crippen molar-refractivity contribution < 1.29 is 13.6 Å². The van der Waals surface area contributed by atoms with Crippen molar-refractivity contribution in [3.05, 3.63) is 12.2 Å². The Labute approximate surface area is 158 Å². The minimum atomic E-state index is -1.87. The van der Waals surface area contributed by atoms with E-state index in [1.807, 2.05) is 6.08 Å². The van der Waals surface area contributed by atoms with Crippen LogP contribution in [0.2, 0.25) is 36.3 Å². The molecule has 0 amide bonds. The number of allylic oxidation sites excluding steroid dienone is 1. The Morgan fingerprint density at radius 2 is 1.40 bits per heavy atom. The Morgan fingerprint density at radius 3 is 1.80 bits per heavy atom. The molecule has 0 saturated heterocycles. The van der Waals surface area contributed by atoms with Gasteiger partial charge in [-0.15, -0.1) is 0 Å². The van der Waals surface area contributed by atoms with Crippen LogP contribution in [0.15, 0.2) is 12.2 Å². The molecule has 0 aliphatic rings. The molecule has 148 valence electrons. The van der Waals surface area contributed by atoms with Crippen LogP contribution in [0.3, 0.4) is 0 Å². The first-order valence-electron chi connectivity index (χ1n) is 9.49. The highest BCUT2D eigenvalue weighted by Gasteiger charge is 2.40. The van der Waals surface area contributed by atoms with Crippen LogP contribution < -0.4 is 0 Å². The van der Waals surface area contributed by atoms with Crippen molar-refractivity contribution in [2.45, 2.75) is 97.3 Å². The molecule has 0 aliphatic heterocycles. The van der Waals surface area contributed by atoms with Gasteiger partial charge in [-0.2, -0.15) is 0 Å². The summed E-state index contributed by atoms with van der Waals surface area (Å²) in [5.74, 6) is 0.197. The molecule has 2 atom stereocenters. The summed E-state index contributed by atoms with van der Waals surface area (Å²) in [4.78, 5) is 10.7. The number of carbonyl (C=O) groups excluding carboxylic acids is 1. The summed E-state index contributed by atoms with van der Waals surface area (Å²) in [7, 11) is -3.61. The van der Waals surface area contributed by atoms with Gasteiger partial charge in [-0.25, -0.2) is 0 Å². The van der Waals surface area contributed by atoms with E-state index in [1.54, 1.807) is 6.08 Å². The zero-order chi connectivity index (χ0) is 20.1. The Hall–Kier alpha value is -0.236. The lowest BCUT2D eigenvalue weighted by Gasteiger charge is -2.41. The van der Waals surface area contributed by atoms with Crippen molar-refractivity contribution in [1.82, 2.24) is 0 Å². The average molecular weight is 387 g/mol. The summed E-state index contributed by atoms with van der Waals surface area (Å²) in [6, 6.07) is 0. The molecule has 0 aliphatic carbocycles. The van der Waals surface area contributed by atoms with E-state index in [-0.39, 0.29) is 22.1 Å². The molecule has 0 spiro atoms. The molecule has 3 nitrogen and oxygen atoms in total. The maximum atomic E-state index is 10.7. The smallest absolute Gasteiger partial charge is 0.192 e. The van der Waals surface area contributed by atoms with Crippen LogP contribution in [0.25, 0.3) is 0 Å². The van der Waals surface area contributed by atoms with E-state index in [0.717, 1.165) is 19.3 Å². The monoisotopic (exact) mass is 386 g/mol. The summed E-state index contributed by atoms with van der Waals surface area (Å²) < 4.78 is 13.0. The molecular weight excluding hydrogens is 344 g/mol. The molecule has 0 aromatic carbocycles. The summed E-state index contributed by atoms with van der Waals surface area (Å²) >= 11 is 0. The first kappa shape index (κ1) is 24.8. The van der Waals surface area contributed by atoms with Crippen molar-refractivity contribution >= 4 is 22.9 Å². The van der Waals surface area contributed by atoms with Gasteiger partial charge >= 0.3 is 0 Å². The van der Waals surface area contributed by atoms with E-state index >= 15 is 0 Å². The summed E-state index contributed by atoms with van der Waals surface area (Å²) in [6.45, 7) is 25.5. The SMILES string of the molecule is C[C@H](/C=C/C=O)[C@H](CCO[Si](C)(C)C(C)(C)C)O[Si](C)(C)C(C)(C)C. The molecule has 0 N–H and O–H groups in total. The normalized spacial score (nSPS) is 16.9. The van der Waals surface area contributed by atoms with Crippen LogP contribution in [0, 0.1) is 5.92 Å². The molecule has 0 heterocycles. The van der Waals surface area contributed by atoms with Gasteiger partial charge in [0.25, 0.3) is 0 Å². The van der Waals surface area contributed by atoms with Crippen LogP contribution in [-0.4, -0.2) is 35.6 Å². The Balaban J connectivity index is 5.11. The predicted molar refractivity (Wildman–Crippen MR) is 114 cm³/mol. The van der Waals surface area contributed by atoms with Gasteiger partial charge in [0.1, 0.15) is 6.29 Å². The Bertz CT molecular complexity index is 443. The third-order valence-corrected chi connectivity index (χ3v) is 15.0. The van der Waals surface area contributed by atoms with Crippen LogP contribution in [0.1, 0.15) is 54.9 Å². The zero-order valence-corrected chi connectivity index (χ0v) is 20.5. The lowest BCUT2D eigenvalue weighted by atomic mass is 10.0. The Kier molecular flexibility index (Phi) is 9.02. The van der Waals surface area contributed by atoms with Crippen molar-refractivity contribution in [2.75, 3.05) is 6.61 Å².